The number of nitrogens with zero attached hydrogens (tertiary/aromatic N) is 2. The van der Waals surface area contributed by atoms with Gasteiger partial charge in [0, 0.05) is 12.4 Å². The average Bonchev–Trinajstić information content (AvgIpc) is 3.21. The third-order valence-corrected chi connectivity index (χ3v) is 4.43. The minimum absolute atomic E-state index is 0.0387. The van der Waals surface area contributed by atoms with Crippen LogP contribution in [0.5, 0.6) is 11.5 Å². The quantitative estimate of drug-likeness (QED) is 0.716. The summed E-state index contributed by atoms with van der Waals surface area (Å²) < 4.78 is 52.3. The Kier molecular flexibility index (Phi) is 4.65. The molecule has 2 aromatic carbocycles. The average molecular weight is 403 g/mol. The van der Waals surface area contributed by atoms with Crippen LogP contribution in [0, 0.1) is 0 Å². The minimum Gasteiger partial charge on any atom is -0.482 e. The number of hydrogen-bond donors (Lipinski definition) is 1. The number of aromatic nitrogens is 2. The molecule has 0 saturated heterocycles. The molecule has 1 aliphatic heterocycles. The van der Waals surface area contributed by atoms with E-state index in [0.717, 1.165) is 12.1 Å². The highest BCUT2D eigenvalue weighted by Crippen LogP contribution is 2.35. The summed E-state index contributed by atoms with van der Waals surface area (Å²) in [6.45, 7) is 1.65. The molecule has 29 heavy (non-hydrogen) atoms. The molecule has 9 heteroatoms. The van der Waals surface area contributed by atoms with Gasteiger partial charge in [-0.3, -0.25) is 4.79 Å². The second-order valence-electron chi connectivity index (χ2n) is 6.48. The van der Waals surface area contributed by atoms with E-state index in [1.165, 1.54) is 16.9 Å². The lowest BCUT2D eigenvalue weighted by molar-refractivity contribution is -0.137. The standard InChI is InChI=1S/C20H16F3N3O3/c1-12-18(29-17-6-3-2-5-16(17)28-12)19(27)25-14-11-13(20(21,22)23)7-8-15(14)26-10-4-9-24-26/h2-12,18H,1H3,(H,25,27)/t12-,18-/m1/s1. The van der Waals surface area contributed by atoms with Crippen molar-refractivity contribution >= 4 is 11.6 Å². The van der Waals surface area contributed by atoms with Crippen molar-refractivity contribution in [1.82, 2.24) is 9.78 Å². The van der Waals surface area contributed by atoms with Gasteiger partial charge >= 0.3 is 6.18 Å². The highest BCUT2D eigenvalue weighted by molar-refractivity contribution is 5.97. The maximum Gasteiger partial charge on any atom is 0.416 e. The van der Waals surface area contributed by atoms with Crippen molar-refractivity contribution in [2.45, 2.75) is 25.3 Å². The molecule has 1 N–H and O–H groups in total. The normalized spacial score (nSPS) is 18.3. The highest BCUT2D eigenvalue weighted by Gasteiger charge is 2.35. The van der Waals surface area contributed by atoms with E-state index in [1.807, 2.05) is 0 Å². The van der Waals surface area contributed by atoms with E-state index < -0.39 is 29.9 Å². The molecule has 6 nitrogen and oxygen atoms in total. The first-order valence-corrected chi connectivity index (χ1v) is 8.77. The molecule has 0 unspecified atom stereocenters. The van der Waals surface area contributed by atoms with E-state index in [2.05, 4.69) is 10.4 Å². The van der Waals surface area contributed by atoms with E-state index in [-0.39, 0.29) is 5.69 Å². The summed E-state index contributed by atoms with van der Waals surface area (Å²) in [6, 6.07) is 11.6. The smallest absolute Gasteiger partial charge is 0.416 e. The van der Waals surface area contributed by atoms with E-state index >= 15 is 0 Å². The highest BCUT2D eigenvalue weighted by atomic mass is 19.4. The number of para-hydroxylation sites is 2. The number of ether oxygens (including phenoxy) is 2. The van der Waals surface area contributed by atoms with E-state index in [0.29, 0.717) is 17.2 Å². The van der Waals surface area contributed by atoms with Gasteiger partial charge in [0.15, 0.2) is 11.5 Å². The van der Waals surface area contributed by atoms with Crippen molar-refractivity contribution in [1.29, 1.82) is 0 Å². The third kappa shape index (κ3) is 3.75. The maximum atomic E-state index is 13.2. The summed E-state index contributed by atoms with van der Waals surface area (Å²) in [7, 11) is 0. The van der Waals surface area contributed by atoms with Crippen LogP contribution >= 0.6 is 0 Å². The molecule has 1 aliphatic rings. The molecule has 0 spiro atoms. The number of halogens is 3. The molecule has 2 heterocycles. The molecule has 1 aromatic heterocycles. The summed E-state index contributed by atoms with van der Waals surface area (Å²) in [5, 5.41) is 6.57. The Labute approximate surface area is 163 Å². The van der Waals surface area contributed by atoms with Gasteiger partial charge in [-0.05, 0) is 43.3 Å². The van der Waals surface area contributed by atoms with Crippen LogP contribution in [-0.4, -0.2) is 27.9 Å². The molecule has 3 aromatic rings. The van der Waals surface area contributed by atoms with Crippen LogP contribution in [0.25, 0.3) is 5.69 Å². The Balaban J connectivity index is 1.65. The monoisotopic (exact) mass is 403 g/mol. The SMILES string of the molecule is C[C@H]1Oc2ccccc2O[C@H]1C(=O)Nc1cc(C(F)(F)F)ccc1-n1cccn1. The molecule has 0 fully saturated rings. The Hall–Kier alpha value is -3.49. The Bertz CT molecular complexity index is 1030. The molecule has 2 atom stereocenters. The van der Waals surface area contributed by atoms with Crippen molar-refractivity contribution in [3.05, 3.63) is 66.5 Å². The number of benzene rings is 2. The number of carbonyl (C=O) groups excluding carboxylic acids is 1. The van der Waals surface area contributed by atoms with Crippen molar-refractivity contribution in [3.8, 4) is 17.2 Å². The molecule has 0 aliphatic carbocycles. The van der Waals surface area contributed by atoms with Gasteiger partial charge in [0.05, 0.1) is 16.9 Å². The summed E-state index contributed by atoms with van der Waals surface area (Å²) in [6.07, 6.45) is -3.18. The lowest BCUT2D eigenvalue weighted by Gasteiger charge is -2.31. The van der Waals surface area contributed by atoms with Crippen molar-refractivity contribution < 1.29 is 27.4 Å². The van der Waals surface area contributed by atoms with Gasteiger partial charge in [0.1, 0.15) is 6.10 Å². The summed E-state index contributed by atoms with van der Waals surface area (Å²) in [5.41, 5.74) is -0.632. The number of amides is 1. The molecular weight excluding hydrogens is 387 g/mol. The van der Waals surface area contributed by atoms with E-state index in [1.54, 1.807) is 43.5 Å². The fraction of sp³-hybridized carbons (Fsp3) is 0.200. The Morgan fingerprint density at radius 2 is 1.83 bits per heavy atom. The zero-order valence-corrected chi connectivity index (χ0v) is 15.2. The molecule has 0 saturated carbocycles. The predicted octanol–water partition coefficient (Wildman–Crippen LogP) is 4.06. The number of anilines is 1. The Morgan fingerprint density at radius 3 is 2.48 bits per heavy atom. The number of carbonyl (C=O) groups is 1. The van der Waals surface area contributed by atoms with Gasteiger partial charge < -0.3 is 14.8 Å². The second kappa shape index (κ2) is 7.16. The van der Waals surface area contributed by atoms with Crippen LogP contribution in [0.2, 0.25) is 0 Å². The minimum atomic E-state index is -4.56. The first-order valence-electron chi connectivity index (χ1n) is 8.77. The summed E-state index contributed by atoms with van der Waals surface area (Å²) in [4.78, 5) is 12.8. The van der Waals surface area contributed by atoms with E-state index in [9.17, 15) is 18.0 Å². The number of nitrogens with one attached hydrogen (secondary N) is 1. The van der Waals surface area contributed by atoms with Crippen molar-refractivity contribution in [2.24, 2.45) is 0 Å². The van der Waals surface area contributed by atoms with Crippen molar-refractivity contribution in [2.75, 3.05) is 5.32 Å². The summed E-state index contributed by atoms with van der Waals surface area (Å²) in [5.74, 6) is 0.266. The molecule has 0 bridgehead atoms. The lowest BCUT2D eigenvalue weighted by Crippen LogP contribution is -2.46. The third-order valence-electron chi connectivity index (χ3n) is 4.43. The fourth-order valence-electron chi connectivity index (χ4n) is 3.03. The zero-order chi connectivity index (χ0) is 20.6. The van der Waals surface area contributed by atoms with Crippen LogP contribution in [0.3, 0.4) is 0 Å². The fourth-order valence-corrected chi connectivity index (χ4v) is 3.03. The predicted molar refractivity (Wildman–Crippen MR) is 98.1 cm³/mol. The first-order chi connectivity index (χ1) is 13.8. The van der Waals surface area contributed by atoms with Gasteiger partial charge in [0.2, 0.25) is 6.10 Å². The van der Waals surface area contributed by atoms with Crippen LogP contribution in [-0.2, 0) is 11.0 Å². The molecule has 0 radical (unpaired) electrons. The second-order valence-corrected chi connectivity index (χ2v) is 6.48. The molecular formula is C20H16F3N3O3. The van der Waals surface area contributed by atoms with Crippen LogP contribution in [0.4, 0.5) is 18.9 Å². The largest absolute Gasteiger partial charge is 0.482 e. The zero-order valence-electron chi connectivity index (χ0n) is 15.2. The van der Waals surface area contributed by atoms with E-state index in [4.69, 9.17) is 9.47 Å². The molecule has 1 amide bonds. The number of alkyl halides is 3. The van der Waals surface area contributed by atoms with Gasteiger partial charge in [-0.15, -0.1) is 0 Å². The van der Waals surface area contributed by atoms with Gasteiger partial charge in [-0.1, -0.05) is 12.1 Å². The van der Waals surface area contributed by atoms with Crippen LogP contribution < -0.4 is 14.8 Å². The van der Waals surface area contributed by atoms with Crippen LogP contribution in [0.1, 0.15) is 12.5 Å². The molecule has 150 valence electrons. The topological polar surface area (TPSA) is 65.4 Å². The Morgan fingerprint density at radius 1 is 1.10 bits per heavy atom. The van der Waals surface area contributed by atoms with Gasteiger partial charge in [-0.25, -0.2) is 4.68 Å². The number of fused-ring (bicyclic) bond motifs is 1. The lowest BCUT2D eigenvalue weighted by atomic mass is 10.1. The molecule has 4 rings (SSSR count). The number of rotatable bonds is 3. The first kappa shape index (κ1) is 18.9. The van der Waals surface area contributed by atoms with Crippen LogP contribution in [0.15, 0.2) is 60.9 Å². The van der Waals surface area contributed by atoms with Crippen molar-refractivity contribution in [3.63, 3.8) is 0 Å². The maximum absolute atomic E-state index is 13.2. The van der Waals surface area contributed by atoms with Gasteiger partial charge in [0.25, 0.3) is 5.91 Å². The summed E-state index contributed by atoms with van der Waals surface area (Å²) >= 11 is 0. The van der Waals surface area contributed by atoms with Gasteiger partial charge in [-0.2, -0.15) is 18.3 Å². The number of hydrogen-bond acceptors (Lipinski definition) is 4.